The fraction of sp³-hybridized carbons (Fsp3) is 0. The highest BCUT2D eigenvalue weighted by Crippen LogP contribution is 2.43. The molecule has 9 aromatic carbocycles. The molecule has 0 aliphatic rings. The van der Waals surface area contributed by atoms with Crippen LogP contribution in [0.5, 0.6) is 0 Å². The van der Waals surface area contributed by atoms with Crippen molar-refractivity contribution in [1.82, 2.24) is 15.0 Å². The van der Waals surface area contributed by atoms with Gasteiger partial charge in [0.25, 0.3) is 0 Å². The lowest BCUT2D eigenvalue weighted by molar-refractivity contribution is 0.669. The van der Waals surface area contributed by atoms with Crippen molar-refractivity contribution in [3.05, 3.63) is 200 Å². The number of nitrogens with zero attached hydrogens (tertiary/aromatic N) is 3. The molecule has 294 valence electrons. The zero-order valence-corrected chi connectivity index (χ0v) is 34.4. The van der Waals surface area contributed by atoms with E-state index in [1.807, 2.05) is 59.9 Å². The smallest absolute Gasteiger partial charge is 0.164 e. The van der Waals surface area contributed by atoms with Crippen LogP contribution in [0.2, 0.25) is 0 Å². The Bertz CT molecular complexity index is 3920. The molecule has 0 saturated carbocycles. The number of hydrogen-bond donors (Lipinski definition) is 0. The predicted molar refractivity (Wildman–Crippen MR) is 260 cm³/mol. The van der Waals surface area contributed by atoms with E-state index in [-0.39, 0.29) is 0 Å². The highest BCUT2D eigenvalue weighted by molar-refractivity contribution is 7.25. The van der Waals surface area contributed by atoms with Gasteiger partial charge in [-0.05, 0) is 88.0 Å². The van der Waals surface area contributed by atoms with E-state index in [9.17, 15) is 0 Å². The number of thiophene rings is 1. The molecule has 0 aliphatic heterocycles. The number of fused-ring (bicyclic) bond motifs is 9. The van der Waals surface area contributed by atoms with Crippen LogP contribution in [0, 0.1) is 0 Å². The Labute approximate surface area is 365 Å². The molecule has 63 heavy (non-hydrogen) atoms. The Morgan fingerprint density at radius 1 is 0.286 bits per heavy atom. The van der Waals surface area contributed by atoms with Gasteiger partial charge in [0.1, 0.15) is 22.3 Å². The summed E-state index contributed by atoms with van der Waals surface area (Å²) in [6, 6.07) is 69.7. The first kappa shape index (κ1) is 35.6. The van der Waals surface area contributed by atoms with Crippen LogP contribution in [-0.2, 0) is 0 Å². The monoisotopic (exact) mass is 823 g/mol. The molecule has 0 saturated heterocycles. The second-order valence-corrected chi connectivity index (χ2v) is 17.0. The van der Waals surface area contributed by atoms with Gasteiger partial charge in [0, 0.05) is 58.4 Å². The third kappa shape index (κ3) is 5.95. The van der Waals surface area contributed by atoms with Crippen LogP contribution < -0.4 is 0 Å². The van der Waals surface area contributed by atoms with Gasteiger partial charge in [-0.15, -0.1) is 11.3 Å². The molecular formula is C57H33N3O2S. The van der Waals surface area contributed by atoms with Gasteiger partial charge < -0.3 is 8.83 Å². The quantitative estimate of drug-likeness (QED) is 0.167. The van der Waals surface area contributed by atoms with E-state index in [1.54, 1.807) is 0 Å². The Hall–Kier alpha value is -8.19. The molecule has 0 fully saturated rings. The Morgan fingerprint density at radius 3 is 1.68 bits per heavy atom. The standard InChI is InChI=1S/C57H33N3O2S/c1-3-12-34(13-4-1)36-16-9-17-40(30-36)56-58-55(35-14-5-2-6-15-35)59-57(60-56)45-20-11-22-49-54(45)46-31-39(26-29-47(46)61-49)41-19-10-21-48-53(41)44-28-25-37(32-50(44)62-48)38-24-27-43-42-18-7-8-23-51(42)63-52(43)33-38/h1-33H. The molecule has 0 spiro atoms. The molecule has 13 aromatic rings. The predicted octanol–water partition coefficient (Wildman–Crippen LogP) is 16.0. The summed E-state index contributed by atoms with van der Waals surface area (Å²) < 4.78 is 15.8. The first-order chi connectivity index (χ1) is 31.2. The second kappa shape index (κ2) is 14.2. The molecule has 0 amide bonds. The molecule has 0 radical (unpaired) electrons. The molecule has 5 nitrogen and oxygen atoms in total. The van der Waals surface area contributed by atoms with E-state index in [0.717, 1.165) is 88.4 Å². The van der Waals surface area contributed by atoms with E-state index < -0.39 is 0 Å². The van der Waals surface area contributed by atoms with Crippen LogP contribution in [0.3, 0.4) is 0 Å². The average Bonchev–Trinajstić information content (AvgIpc) is 4.05. The second-order valence-electron chi connectivity index (χ2n) is 15.9. The fourth-order valence-corrected chi connectivity index (χ4v) is 10.3. The molecule has 6 heteroatoms. The molecule has 0 aliphatic carbocycles. The lowest BCUT2D eigenvalue weighted by atomic mass is 9.96. The van der Waals surface area contributed by atoms with Gasteiger partial charge in [-0.25, -0.2) is 15.0 Å². The van der Waals surface area contributed by atoms with Crippen molar-refractivity contribution in [1.29, 1.82) is 0 Å². The molecule has 13 rings (SSSR count). The first-order valence-electron chi connectivity index (χ1n) is 21.0. The Balaban J connectivity index is 0.941. The lowest BCUT2D eigenvalue weighted by Gasteiger charge is -2.10. The van der Waals surface area contributed by atoms with Gasteiger partial charge in [0.2, 0.25) is 0 Å². The molecule has 0 bridgehead atoms. The van der Waals surface area contributed by atoms with Crippen molar-refractivity contribution >= 4 is 75.4 Å². The SMILES string of the molecule is c1ccc(-c2cccc(-c3nc(-c4ccccc4)nc(-c4cccc5oc6ccc(-c7cccc8oc9cc(-c%10ccc%11c(c%10)sc%10ccccc%10%11)ccc9c78)cc6c45)n3)c2)cc1. The highest BCUT2D eigenvalue weighted by Gasteiger charge is 2.20. The molecule has 0 N–H and O–H groups in total. The highest BCUT2D eigenvalue weighted by atomic mass is 32.1. The zero-order chi connectivity index (χ0) is 41.4. The van der Waals surface area contributed by atoms with E-state index in [1.165, 1.54) is 25.7 Å². The number of furan rings is 2. The van der Waals surface area contributed by atoms with Crippen LogP contribution in [-0.4, -0.2) is 15.0 Å². The van der Waals surface area contributed by atoms with E-state index >= 15 is 0 Å². The topological polar surface area (TPSA) is 65.0 Å². The minimum Gasteiger partial charge on any atom is -0.456 e. The van der Waals surface area contributed by atoms with Crippen molar-refractivity contribution in [3.63, 3.8) is 0 Å². The maximum absolute atomic E-state index is 6.62. The largest absolute Gasteiger partial charge is 0.456 e. The first-order valence-corrected chi connectivity index (χ1v) is 21.8. The van der Waals surface area contributed by atoms with E-state index in [0.29, 0.717) is 17.5 Å². The normalized spacial score (nSPS) is 11.8. The lowest BCUT2D eigenvalue weighted by Crippen LogP contribution is -2.00. The summed E-state index contributed by atoms with van der Waals surface area (Å²) in [6.07, 6.45) is 0. The van der Waals surface area contributed by atoms with Gasteiger partial charge in [0.05, 0.1) is 0 Å². The van der Waals surface area contributed by atoms with E-state index in [2.05, 4.69) is 152 Å². The number of aromatic nitrogens is 3. The molecular weight excluding hydrogens is 791 g/mol. The van der Waals surface area contributed by atoms with Crippen LogP contribution in [0.15, 0.2) is 209 Å². The number of hydrogen-bond acceptors (Lipinski definition) is 6. The fourth-order valence-electron chi connectivity index (χ4n) is 9.14. The third-order valence-corrected chi connectivity index (χ3v) is 13.3. The van der Waals surface area contributed by atoms with Crippen LogP contribution in [0.4, 0.5) is 0 Å². The number of benzene rings is 9. The summed E-state index contributed by atoms with van der Waals surface area (Å²) in [5.41, 5.74) is 12.6. The van der Waals surface area contributed by atoms with Crippen molar-refractivity contribution in [3.8, 4) is 67.5 Å². The van der Waals surface area contributed by atoms with Crippen LogP contribution >= 0.6 is 11.3 Å². The molecule has 4 aromatic heterocycles. The van der Waals surface area contributed by atoms with Crippen molar-refractivity contribution in [2.24, 2.45) is 0 Å². The Kier molecular flexibility index (Phi) is 8.01. The van der Waals surface area contributed by atoms with Crippen molar-refractivity contribution in [2.45, 2.75) is 0 Å². The maximum Gasteiger partial charge on any atom is 0.164 e. The summed E-state index contributed by atoms with van der Waals surface area (Å²) in [7, 11) is 0. The summed E-state index contributed by atoms with van der Waals surface area (Å²) in [6.45, 7) is 0. The maximum atomic E-state index is 6.62. The summed E-state index contributed by atoms with van der Waals surface area (Å²) in [5, 5.41) is 6.69. The molecule has 4 heterocycles. The zero-order valence-electron chi connectivity index (χ0n) is 33.6. The molecule has 0 unspecified atom stereocenters. The third-order valence-electron chi connectivity index (χ3n) is 12.2. The van der Waals surface area contributed by atoms with Gasteiger partial charge in [-0.3, -0.25) is 0 Å². The van der Waals surface area contributed by atoms with Crippen LogP contribution in [0.25, 0.3) is 132 Å². The minimum atomic E-state index is 0.577. The van der Waals surface area contributed by atoms with Crippen LogP contribution in [0.1, 0.15) is 0 Å². The number of rotatable bonds is 6. The minimum absolute atomic E-state index is 0.577. The van der Waals surface area contributed by atoms with Gasteiger partial charge in [0.15, 0.2) is 17.5 Å². The summed E-state index contributed by atoms with van der Waals surface area (Å²) in [5.74, 6) is 1.78. The average molecular weight is 824 g/mol. The van der Waals surface area contributed by atoms with Gasteiger partial charge >= 0.3 is 0 Å². The van der Waals surface area contributed by atoms with Crippen molar-refractivity contribution in [2.75, 3.05) is 0 Å². The summed E-state index contributed by atoms with van der Waals surface area (Å²) >= 11 is 1.84. The summed E-state index contributed by atoms with van der Waals surface area (Å²) in [4.78, 5) is 15.4. The van der Waals surface area contributed by atoms with Gasteiger partial charge in [-0.2, -0.15) is 0 Å². The van der Waals surface area contributed by atoms with E-state index in [4.69, 9.17) is 23.8 Å². The van der Waals surface area contributed by atoms with Gasteiger partial charge in [-0.1, -0.05) is 146 Å². The van der Waals surface area contributed by atoms with Crippen molar-refractivity contribution < 1.29 is 8.83 Å². The Morgan fingerprint density at radius 2 is 0.857 bits per heavy atom. The molecule has 0 atom stereocenters.